The standard InChI is InChI=1S/C20H20F2N2O4S/c1-28-16-4-2-3-15(13-16)5-8-20(25)23-9-11-24(12-10-23)29(26,27)17-6-7-18(21)19(22)14-17/h2-8,13-14H,9-12H2,1H3/b8-5+. The number of benzene rings is 2. The van der Waals surface area contributed by atoms with E-state index in [1.54, 1.807) is 25.3 Å². The number of amides is 1. The van der Waals surface area contributed by atoms with E-state index >= 15 is 0 Å². The fraction of sp³-hybridized carbons (Fsp3) is 0.250. The number of rotatable bonds is 5. The summed E-state index contributed by atoms with van der Waals surface area (Å²) in [6, 6.07) is 9.71. The molecule has 29 heavy (non-hydrogen) atoms. The predicted octanol–water partition coefficient (Wildman–Crippen LogP) is 2.52. The highest BCUT2D eigenvalue weighted by atomic mass is 32.2. The highest BCUT2D eigenvalue weighted by molar-refractivity contribution is 7.89. The van der Waals surface area contributed by atoms with Gasteiger partial charge in [0.1, 0.15) is 5.75 Å². The van der Waals surface area contributed by atoms with Gasteiger partial charge in [0.25, 0.3) is 0 Å². The summed E-state index contributed by atoms with van der Waals surface area (Å²) < 4.78 is 58.0. The third-order valence-electron chi connectivity index (χ3n) is 4.59. The minimum Gasteiger partial charge on any atom is -0.497 e. The number of nitrogens with zero attached hydrogens (tertiary/aromatic N) is 2. The molecular weight excluding hydrogens is 402 g/mol. The average molecular weight is 422 g/mol. The van der Waals surface area contributed by atoms with Gasteiger partial charge in [-0.1, -0.05) is 12.1 Å². The number of methoxy groups -OCH3 is 1. The van der Waals surface area contributed by atoms with Crippen molar-refractivity contribution in [3.8, 4) is 5.75 Å². The van der Waals surface area contributed by atoms with Crippen LogP contribution < -0.4 is 4.74 Å². The summed E-state index contributed by atoms with van der Waals surface area (Å²) in [6.07, 6.45) is 3.09. The number of halogens is 2. The molecule has 1 heterocycles. The normalized spacial score (nSPS) is 15.6. The molecule has 0 atom stereocenters. The zero-order valence-corrected chi connectivity index (χ0v) is 16.5. The first kappa shape index (κ1) is 20.9. The molecule has 154 valence electrons. The minimum absolute atomic E-state index is 0.0695. The molecular formula is C20H20F2N2O4S. The Morgan fingerprint density at radius 2 is 1.76 bits per heavy atom. The fourth-order valence-corrected chi connectivity index (χ4v) is 4.39. The maximum atomic E-state index is 13.4. The second kappa shape index (κ2) is 8.71. The summed E-state index contributed by atoms with van der Waals surface area (Å²) in [5.41, 5.74) is 0.803. The van der Waals surface area contributed by atoms with Crippen LogP contribution in [0.5, 0.6) is 5.75 Å². The van der Waals surface area contributed by atoms with Crippen LogP contribution in [0.15, 0.2) is 53.4 Å². The molecule has 1 aliphatic rings. The Morgan fingerprint density at radius 1 is 1.03 bits per heavy atom. The molecule has 6 nitrogen and oxygen atoms in total. The van der Waals surface area contributed by atoms with Gasteiger partial charge in [-0.15, -0.1) is 0 Å². The zero-order chi connectivity index (χ0) is 21.0. The molecule has 0 aromatic heterocycles. The molecule has 0 radical (unpaired) electrons. The fourth-order valence-electron chi connectivity index (χ4n) is 2.95. The third-order valence-corrected chi connectivity index (χ3v) is 6.49. The summed E-state index contributed by atoms with van der Waals surface area (Å²) in [4.78, 5) is 13.6. The van der Waals surface area contributed by atoms with Gasteiger partial charge < -0.3 is 9.64 Å². The Kier molecular flexibility index (Phi) is 6.29. The first-order valence-corrected chi connectivity index (χ1v) is 10.3. The van der Waals surface area contributed by atoms with E-state index in [-0.39, 0.29) is 37.0 Å². The molecule has 0 saturated carbocycles. The Morgan fingerprint density at radius 3 is 2.41 bits per heavy atom. The van der Waals surface area contributed by atoms with Crippen LogP contribution in [-0.4, -0.2) is 56.8 Å². The second-order valence-corrected chi connectivity index (χ2v) is 8.35. The number of sulfonamides is 1. The molecule has 0 unspecified atom stereocenters. The summed E-state index contributed by atoms with van der Waals surface area (Å²) in [5, 5.41) is 0. The summed E-state index contributed by atoms with van der Waals surface area (Å²) in [7, 11) is -2.40. The topological polar surface area (TPSA) is 66.9 Å². The lowest BCUT2D eigenvalue weighted by Gasteiger charge is -2.33. The van der Waals surface area contributed by atoms with Crippen LogP contribution in [0.25, 0.3) is 6.08 Å². The number of hydrogen-bond acceptors (Lipinski definition) is 4. The minimum atomic E-state index is -3.96. The van der Waals surface area contributed by atoms with Crippen molar-refractivity contribution in [3.05, 3.63) is 65.7 Å². The Bertz CT molecular complexity index is 1030. The zero-order valence-electron chi connectivity index (χ0n) is 15.7. The molecule has 2 aromatic carbocycles. The summed E-state index contributed by atoms with van der Waals surface area (Å²) in [6.45, 7) is 0.536. The second-order valence-electron chi connectivity index (χ2n) is 6.42. The monoisotopic (exact) mass is 422 g/mol. The van der Waals surface area contributed by atoms with Crippen LogP contribution in [0.3, 0.4) is 0 Å². The van der Waals surface area contributed by atoms with E-state index in [4.69, 9.17) is 4.74 Å². The van der Waals surface area contributed by atoms with Crippen molar-refractivity contribution in [1.29, 1.82) is 0 Å². The molecule has 1 fully saturated rings. The predicted molar refractivity (Wildman–Crippen MR) is 104 cm³/mol. The highest BCUT2D eigenvalue weighted by Gasteiger charge is 2.30. The SMILES string of the molecule is COc1cccc(/C=C/C(=O)N2CCN(S(=O)(=O)c3ccc(F)c(F)c3)CC2)c1. The molecule has 0 spiro atoms. The number of ether oxygens (including phenoxy) is 1. The Hall–Kier alpha value is -2.78. The molecule has 9 heteroatoms. The largest absolute Gasteiger partial charge is 0.497 e. The lowest BCUT2D eigenvalue weighted by Crippen LogP contribution is -2.50. The smallest absolute Gasteiger partial charge is 0.246 e. The van der Waals surface area contributed by atoms with Crippen LogP contribution in [0.1, 0.15) is 5.56 Å². The van der Waals surface area contributed by atoms with Gasteiger partial charge >= 0.3 is 0 Å². The van der Waals surface area contributed by atoms with E-state index in [1.165, 1.54) is 11.0 Å². The van der Waals surface area contributed by atoms with Crippen LogP contribution in [0.4, 0.5) is 8.78 Å². The van der Waals surface area contributed by atoms with Gasteiger partial charge in [0.05, 0.1) is 12.0 Å². The first-order valence-electron chi connectivity index (χ1n) is 8.87. The number of carbonyl (C=O) groups is 1. The van der Waals surface area contributed by atoms with Gasteiger partial charge in [0, 0.05) is 32.3 Å². The van der Waals surface area contributed by atoms with Crippen molar-refractivity contribution in [2.45, 2.75) is 4.90 Å². The molecule has 1 saturated heterocycles. The molecule has 0 bridgehead atoms. The lowest BCUT2D eigenvalue weighted by atomic mass is 10.2. The summed E-state index contributed by atoms with van der Waals surface area (Å²) >= 11 is 0. The van der Waals surface area contributed by atoms with Crippen LogP contribution >= 0.6 is 0 Å². The van der Waals surface area contributed by atoms with Crippen molar-refractivity contribution in [2.24, 2.45) is 0 Å². The molecule has 2 aromatic rings. The van der Waals surface area contributed by atoms with Crippen molar-refractivity contribution in [1.82, 2.24) is 9.21 Å². The number of hydrogen-bond donors (Lipinski definition) is 0. The van der Waals surface area contributed by atoms with Gasteiger partial charge in [0.2, 0.25) is 15.9 Å². The Labute approximate surface area is 168 Å². The Balaban J connectivity index is 1.62. The maximum absolute atomic E-state index is 13.4. The van der Waals surface area contributed by atoms with Crippen molar-refractivity contribution < 1.29 is 26.7 Å². The average Bonchev–Trinajstić information content (AvgIpc) is 2.74. The van der Waals surface area contributed by atoms with Crippen molar-refractivity contribution in [3.63, 3.8) is 0 Å². The van der Waals surface area contributed by atoms with E-state index < -0.39 is 21.7 Å². The van der Waals surface area contributed by atoms with Gasteiger partial charge in [-0.25, -0.2) is 17.2 Å². The first-order chi connectivity index (χ1) is 13.8. The van der Waals surface area contributed by atoms with Crippen LogP contribution in [0.2, 0.25) is 0 Å². The third kappa shape index (κ3) is 4.80. The van der Waals surface area contributed by atoms with E-state index in [2.05, 4.69) is 0 Å². The van der Waals surface area contributed by atoms with E-state index in [9.17, 15) is 22.0 Å². The molecule has 0 N–H and O–H groups in total. The van der Waals surface area contributed by atoms with Gasteiger partial charge in [0.15, 0.2) is 11.6 Å². The number of carbonyl (C=O) groups excluding carboxylic acids is 1. The van der Waals surface area contributed by atoms with E-state index in [0.29, 0.717) is 11.8 Å². The van der Waals surface area contributed by atoms with Gasteiger partial charge in [-0.05, 0) is 42.0 Å². The molecule has 0 aliphatic carbocycles. The maximum Gasteiger partial charge on any atom is 0.246 e. The highest BCUT2D eigenvalue weighted by Crippen LogP contribution is 2.20. The number of piperazine rings is 1. The molecule has 1 amide bonds. The van der Waals surface area contributed by atoms with E-state index in [0.717, 1.165) is 22.0 Å². The van der Waals surface area contributed by atoms with Crippen molar-refractivity contribution in [2.75, 3.05) is 33.3 Å². The van der Waals surface area contributed by atoms with Gasteiger partial charge in [-0.2, -0.15) is 4.31 Å². The molecule has 1 aliphatic heterocycles. The molecule has 3 rings (SSSR count). The van der Waals surface area contributed by atoms with Crippen molar-refractivity contribution >= 4 is 22.0 Å². The lowest BCUT2D eigenvalue weighted by molar-refractivity contribution is -0.127. The van der Waals surface area contributed by atoms with Crippen LogP contribution in [0, 0.1) is 11.6 Å². The van der Waals surface area contributed by atoms with Gasteiger partial charge in [-0.3, -0.25) is 4.79 Å². The summed E-state index contributed by atoms with van der Waals surface area (Å²) in [5.74, 6) is -1.89. The quantitative estimate of drug-likeness (QED) is 0.695. The van der Waals surface area contributed by atoms with Crippen LogP contribution in [-0.2, 0) is 14.8 Å². The van der Waals surface area contributed by atoms with E-state index in [1.807, 2.05) is 12.1 Å².